The largest absolute Gasteiger partial charge is 0.459 e. The molecule has 1 aromatic heterocycles. The standard InChI is InChI=1S/C12H8ClNO3/c13-11-5-8(14-7-16)1-3-10(11)12-4-2-9(6-15)17-12/h1-5,15H,6H2. The Morgan fingerprint density at radius 2 is 2.18 bits per heavy atom. The number of furan rings is 1. The van der Waals surface area contributed by atoms with Crippen LogP contribution in [0.2, 0.25) is 5.02 Å². The SMILES string of the molecule is O=C=Nc1ccc(-c2ccc(CO)o2)c(Cl)c1. The van der Waals surface area contributed by atoms with E-state index in [1.54, 1.807) is 30.3 Å². The van der Waals surface area contributed by atoms with Gasteiger partial charge in [-0.15, -0.1) is 0 Å². The van der Waals surface area contributed by atoms with Crippen molar-refractivity contribution >= 4 is 23.4 Å². The van der Waals surface area contributed by atoms with E-state index in [-0.39, 0.29) is 6.61 Å². The summed E-state index contributed by atoms with van der Waals surface area (Å²) in [6.07, 6.45) is 1.44. The van der Waals surface area contributed by atoms with Gasteiger partial charge in [0.25, 0.3) is 0 Å². The van der Waals surface area contributed by atoms with E-state index >= 15 is 0 Å². The van der Waals surface area contributed by atoms with Gasteiger partial charge in [-0.3, -0.25) is 0 Å². The van der Waals surface area contributed by atoms with Crippen molar-refractivity contribution in [3.63, 3.8) is 0 Å². The van der Waals surface area contributed by atoms with E-state index in [9.17, 15) is 4.79 Å². The van der Waals surface area contributed by atoms with Crippen LogP contribution >= 0.6 is 11.6 Å². The van der Waals surface area contributed by atoms with Crippen LogP contribution in [0.3, 0.4) is 0 Å². The van der Waals surface area contributed by atoms with E-state index in [0.29, 0.717) is 27.8 Å². The fourth-order valence-electron chi connectivity index (χ4n) is 1.43. The van der Waals surface area contributed by atoms with E-state index in [1.807, 2.05) is 0 Å². The number of aliphatic hydroxyl groups excluding tert-OH is 1. The summed E-state index contributed by atoms with van der Waals surface area (Å²) in [5.74, 6) is 1.02. The van der Waals surface area contributed by atoms with Gasteiger partial charge in [0.2, 0.25) is 6.08 Å². The number of halogens is 1. The van der Waals surface area contributed by atoms with Gasteiger partial charge in [-0.05, 0) is 30.3 Å². The molecule has 0 fully saturated rings. The van der Waals surface area contributed by atoms with Gasteiger partial charge in [0.1, 0.15) is 18.1 Å². The minimum absolute atomic E-state index is 0.162. The Morgan fingerprint density at radius 1 is 1.35 bits per heavy atom. The van der Waals surface area contributed by atoms with Crippen LogP contribution in [0.5, 0.6) is 0 Å². The fraction of sp³-hybridized carbons (Fsp3) is 0.0833. The molecule has 0 aliphatic rings. The number of carbonyl (C=O) groups excluding carboxylic acids is 1. The van der Waals surface area contributed by atoms with Crippen LogP contribution in [-0.2, 0) is 11.4 Å². The van der Waals surface area contributed by atoms with Gasteiger partial charge in [-0.25, -0.2) is 4.79 Å². The number of isocyanates is 1. The summed E-state index contributed by atoms with van der Waals surface area (Å²) in [6.45, 7) is -0.162. The maximum Gasteiger partial charge on any atom is 0.240 e. The van der Waals surface area contributed by atoms with Gasteiger partial charge >= 0.3 is 0 Å². The third kappa shape index (κ3) is 2.45. The van der Waals surface area contributed by atoms with Crippen LogP contribution in [0.4, 0.5) is 5.69 Å². The van der Waals surface area contributed by atoms with Crippen LogP contribution < -0.4 is 0 Å². The van der Waals surface area contributed by atoms with Gasteiger partial charge in [0.05, 0.1) is 10.7 Å². The van der Waals surface area contributed by atoms with Crippen molar-refractivity contribution in [1.29, 1.82) is 0 Å². The zero-order chi connectivity index (χ0) is 12.3. The number of aliphatic hydroxyl groups is 1. The molecule has 4 nitrogen and oxygen atoms in total. The molecule has 0 saturated carbocycles. The maximum absolute atomic E-state index is 10.1. The highest BCUT2D eigenvalue weighted by Crippen LogP contribution is 2.32. The molecule has 0 saturated heterocycles. The molecule has 0 aliphatic heterocycles. The molecule has 0 bridgehead atoms. The number of nitrogens with zero attached hydrogens (tertiary/aromatic N) is 1. The molecule has 1 N–H and O–H groups in total. The first-order valence-corrected chi connectivity index (χ1v) is 5.20. The first kappa shape index (κ1) is 11.6. The summed E-state index contributed by atoms with van der Waals surface area (Å²) in [4.78, 5) is 13.6. The van der Waals surface area contributed by atoms with Crippen LogP contribution in [0.1, 0.15) is 5.76 Å². The smallest absolute Gasteiger partial charge is 0.240 e. The predicted molar refractivity (Wildman–Crippen MR) is 62.9 cm³/mol. The second-order valence-electron chi connectivity index (χ2n) is 3.29. The average molecular weight is 250 g/mol. The van der Waals surface area contributed by atoms with E-state index in [4.69, 9.17) is 21.1 Å². The van der Waals surface area contributed by atoms with Crippen molar-refractivity contribution in [1.82, 2.24) is 0 Å². The summed E-state index contributed by atoms with van der Waals surface area (Å²) in [7, 11) is 0. The molecule has 17 heavy (non-hydrogen) atoms. The average Bonchev–Trinajstić information content (AvgIpc) is 2.78. The normalized spacial score (nSPS) is 10.0. The topological polar surface area (TPSA) is 62.8 Å². The van der Waals surface area contributed by atoms with Gasteiger partial charge in [0, 0.05) is 5.56 Å². The molecule has 2 rings (SSSR count). The molecule has 2 aromatic rings. The summed E-state index contributed by atoms with van der Waals surface area (Å²) >= 11 is 6.04. The van der Waals surface area contributed by atoms with Crippen LogP contribution in [0, 0.1) is 0 Å². The lowest BCUT2D eigenvalue weighted by molar-refractivity contribution is 0.248. The Kier molecular flexibility index (Phi) is 3.40. The molecule has 0 amide bonds. The summed E-state index contributed by atoms with van der Waals surface area (Å²) in [5.41, 5.74) is 1.11. The molecular weight excluding hydrogens is 242 g/mol. The molecule has 0 spiro atoms. The van der Waals surface area contributed by atoms with E-state index < -0.39 is 0 Å². The van der Waals surface area contributed by atoms with Crippen molar-refractivity contribution in [3.05, 3.63) is 41.1 Å². The van der Waals surface area contributed by atoms with E-state index in [2.05, 4.69) is 4.99 Å². The molecule has 0 radical (unpaired) electrons. The quantitative estimate of drug-likeness (QED) is 0.672. The highest BCUT2D eigenvalue weighted by molar-refractivity contribution is 6.33. The highest BCUT2D eigenvalue weighted by atomic mass is 35.5. The first-order chi connectivity index (χ1) is 8.24. The molecule has 1 aromatic carbocycles. The number of hydrogen-bond acceptors (Lipinski definition) is 4. The highest BCUT2D eigenvalue weighted by Gasteiger charge is 2.08. The van der Waals surface area contributed by atoms with E-state index in [0.717, 1.165) is 0 Å². The second-order valence-corrected chi connectivity index (χ2v) is 3.70. The monoisotopic (exact) mass is 249 g/mol. The fourth-order valence-corrected chi connectivity index (χ4v) is 1.70. The number of hydrogen-bond donors (Lipinski definition) is 1. The molecule has 1 heterocycles. The Hall–Kier alpha value is -1.87. The third-order valence-electron chi connectivity index (χ3n) is 2.21. The van der Waals surface area contributed by atoms with Gasteiger partial charge in [0.15, 0.2) is 0 Å². The lowest BCUT2D eigenvalue weighted by atomic mass is 10.1. The van der Waals surface area contributed by atoms with Crippen molar-refractivity contribution < 1.29 is 14.3 Å². The summed E-state index contributed by atoms with van der Waals surface area (Å²) < 4.78 is 5.36. The van der Waals surface area contributed by atoms with Gasteiger partial charge in [-0.2, -0.15) is 4.99 Å². The Morgan fingerprint density at radius 3 is 2.76 bits per heavy atom. The molecule has 86 valence electrons. The molecular formula is C12H8ClNO3. The number of benzene rings is 1. The Bertz CT molecular complexity index is 585. The Labute approximate surface area is 102 Å². The second kappa shape index (κ2) is 4.97. The van der Waals surface area contributed by atoms with Crippen LogP contribution in [0.15, 0.2) is 39.7 Å². The van der Waals surface area contributed by atoms with Crippen molar-refractivity contribution in [2.45, 2.75) is 6.61 Å². The third-order valence-corrected chi connectivity index (χ3v) is 2.52. The number of aliphatic imine (C=N–C) groups is 1. The van der Waals surface area contributed by atoms with Crippen molar-refractivity contribution in [2.75, 3.05) is 0 Å². The van der Waals surface area contributed by atoms with Crippen LogP contribution in [-0.4, -0.2) is 11.2 Å². The Balaban J connectivity index is 2.42. The molecule has 5 heteroatoms. The number of rotatable bonds is 3. The van der Waals surface area contributed by atoms with Gasteiger partial charge < -0.3 is 9.52 Å². The summed E-state index contributed by atoms with van der Waals surface area (Å²) in [5, 5.41) is 9.31. The van der Waals surface area contributed by atoms with Gasteiger partial charge in [-0.1, -0.05) is 11.6 Å². The first-order valence-electron chi connectivity index (χ1n) is 4.82. The lowest BCUT2D eigenvalue weighted by Gasteiger charge is -2.01. The van der Waals surface area contributed by atoms with Crippen LogP contribution in [0.25, 0.3) is 11.3 Å². The van der Waals surface area contributed by atoms with E-state index in [1.165, 1.54) is 6.08 Å². The van der Waals surface area contributed by atoms with Crippen molar-refractivity contribution in [2.24, 2.45) is 4.99 Å². The van der Waals surface area contributed by atoms with Crippen molar-refractivity contribution in [3.8, 4) is 11.3 Å². The summed E-state index contributed by atoms with van der Waals surface area (Å²) in [6, 6.07) is 8.26. The minimum atomic E-state index is -0.162. The molecule has 0 unspecified atom stereocenters. The maximum atomic E-state index is 10.1. The lowest BCUT2D eigenvalue weighted by Crippen LogP contribution is -1.77. The molecule has 0 aliphatic carbocycles. The molecule has 0 atom stereocenters. The zero-order valence-corrected chi connectivity index (χ0v) is 9.44. The predicted octanol–water partition coefficient (Wildman–Crippen LogP) is 3.06. The zero-order valence-electron chi connectivity index (χ0n) is 8.68. The minimum Gasteiger partial charge on any atom is -0.459 e.